The first-order valence-corrected chi connectivity index (χ1v) is 9.62. The van der Waals surface area contributed by atoms with Gasteiger partial charge < -0.3 is 14.6 Å². The predicted octanol–water partition coefficient (Wildman–Crippen LogP) is 4.17. The summed E-state index contributed by atoms with van der Waals surface area (Å²) in [7, 11) is 0. The Labute approximate surface area is 160 Å². The van der Waals surface area contributed by atoms with Gasteiger partial charge in [-0.3, -0.25) is 4.79 Å². The summed E-state index contributed by atoms with van der Waals surface area (Å²) in [6.07, 6.45) is 2.55. The van der Waals surface area contributed by atoms with Gasteiger partial charge in [0.2, 0.25) is 5.91 Å². The average molecular weight is 362 g/mol. The first-order valence-electron chi connectivity index (χ1n) is 9.62. The van der Waals surface area contributed by atoms with Gasteiger partial charge in [0.15, 0.2) is 0 Å². The molecular formula is C23H26N2O2. The molecule has 0 aliphatic carbocycles. The van der Waals surface area contributed by atoms with E-state index in [1.807, 2.05) is 11.0 Å². The smallest absolute Gasteiger partial charge is 0.223 e. The number of nitrogens with one attached hydrogen (secondary N) is 1. The molecule has 4 rings (SSSR count). The molecule has 2 aromatic carbocycles. The van der Waals surface area contributed by atoms with Crippen LogP contribution >= 0.6 is 0 Å². The molecule has 4 heteroatoms. The quantitative estimate of drug-likeness (QED) is 0.757. The molecule has 4 nitrogen and oxygen atoms in total. The van der Waals surface area contributed by atoms with Crippen molar-refractivity contribution in [3.8, 4) is 0 Å². The Kier molecular flexibility index (Phi) is 4.99. The van der Waals surface area contributed by atoms with E-state index < -0.39 is 0 Å². The molecule has 1 amide bonds. The lowest BCUT2D eigenvalue weighted by Crippen LogP contribution is -2.41. The number of amides is 1. The van der Waals surface area contributed by atoms with Gasteiger partial charge in [0, 0.05) is 42.5 Å². The van der Waals surface area contributed by atoms with Crippen LogP contribution in [0, 0.1) is 13.8 Å². The van der Waals surface area contributed by atoms with Crippen LogP contribution in [-0.2, 0) is 9.53 Å². The van der Waals surface area contributed by atoms with Crippen LogP contribution in [0.4, 0.5) is 0 Å². The van der Waals surface area contributed by atoms with Crippen LogP contribution in [0.1, 0.15) is 34.6 Å². The van der Waals surface area contributed by atoms with Gasteiger partial charge in [0.1, 0.15) is 0 Å². The molecule has 0 bridgehead atoms. The van der Waals surface area contributed by atoms with E-state index in [0.29, 0.717) is 32.7 Å². The van der Waals surface area contributed by atoms with Crippen LogP contribution in [0.3, 0.4) is 0 Å². The lowest BCUT2D eigenvalue weighted by Gasteiger charge is -2.29. The van der Waals surface area contributed by atoms with Crippen LogP contribution < -0.4 is 0 Å². The van der Waals surface area contributed by atoms with Gasteiger partial charge in [0.05, 0.1) is 13.2 Å². The van der Waals surface area contributed by atoms with Gasteiger partial charge in [-0.2, -0.15) is 0 Å². The van der Waals surface area contributed by atoms with Gasteiger partial charge in [-0.15, -0.1) is 0 Å². The summed E-state index contributed by atoms with van der Waals surface area (Å²) in [6, 6.07) is 14.8. The fourth-order valence-electron chi connectivity index (χ4n) is 4.10. The highest BCUT2D eigenvalue weighted by atomic mass is 16.5. The maximum atomic E-state index is 13.1. The number of para-hydroxylation sites is 1. The molecule has 3 aromatic rings. The molecule has 1 atom stereocenters. The number of aromatic amines is 1. The standard InChI is InChI=1S/C23H26N2O2/c1-16-7-8-18(17(2)13-16)20(14-23(26)25-9-11-27-12-10-25)21-15-24-22-6-4-3-5-19(21)22/h3-8,13,15,20,24H,9-12,14H2,1-2H3. The molecule has 0 radical (unpaired) electrons. The molecule has 0 saturated carbocycles. The number of hydrogen-bond acceptors (Lipinski definition) is 2. The number of aromatic nitrogens is 1. The summed E-state index contributed by atoms with van der Waals surface area (Å²) < 4.78 is 5.40. The number of carbonyl (C=O) groups excluding carboxylic acids is 1. The van der Waals surface area contributed by atoms with Crippen molar-refractivity contribution in [3.63, 3.8) is 0 Å². The van der Waals surface area contributed by atoms with Crippen LogP contribution in [0.5, 0.6) is 0 Å². The maximum absolute atomic E-state index is 13.1. The van der Waals surface area contributed by atoms with Crippen molar-refractivity contribution < 1.29 is 9.53 Å². The Morgan fingerprint density at radius 3 is 2.67 bits per heavy atom. The van der Waals surface area contributed by atoms with Gasteiger partial charge in [-0.05, 0) is 36.6 Å². The number of ether oxygens (including phenoxy) is 1. The Morgan fingerprint density at radius 2 is 1.89 bits per heavy atom. The van der Waals surface area contributed by atoms with Crippen molar-refractivity contribution in [1.82, 2.24) is 9.88 Å². The normalized spacial score (nSPS) is 15.9. The Balaban J connectivity index is 1.74. The molecule has 1 aliphatic rings. The number of H-pyrrole nitrogens is 1. The molecule has 140 valence electrons. The SMILES string of the molecule is Cc1ccc(C(CC(=O)N2CCOCC2)c2c[nH]c3ccccc23)c(C)c1. The van der Waals surface area contributed by atoms with Crippen LogP contribution in [-0.4, -0.2) is 42.1 Å². The summed E-state index contributed by atoms with van der Waals surface area (Å²) >= 11 is 0. The first kappa shape index (κ1) is 17.8. The highest BCUT2D eigenvalue weighted by Gasteiger charge is 2.26. The van der Waals surface area contributed by atoms with Crippen LogP contribution in [0.2, 0.25) is 0 Å². The van der Waals surface area contributed by atoms with Crippen molar-refractivity contribution in [2.75, 3.05) is 26.3 Å². The van der Waals surface area contributed by atoms with E-state index >= 15 is 0 Å². The molecule has 1 aromatic heterocycles. The maximum Gasteiger partial charge on any atom is 0.223 e. The minimum atomic E-state index is 0.0390. The van der Waals surface area contributed by atoms with E-state index in [9.17, 15) is 4.79 Å². The highest BCUT2D eigenvalue weighted by molar-refractivity contribution is 5.86. The summed E-state index contributed by atoms with van der Waals surface area (Å²) in [5.74, 6) is 0.241. The van der Waals surface area contributed by atoms with Crippen molar-refractivity contribution in [2.45, 2.75) is 26.2 Å². The highest BCUT2D eigenvalue weighted by Crippen LogP contribution is 2.35. The summed E-state index contributed by atoms with van der Waals surface area (Å²) in [4.78, 5) is 18.4. The van der Waals surface area contributed by atoms with Crippen molar-refractivity contribution in [1.29, 1.82) is 0 Å². The van der Waals surface area contributed by atoms with E-state index in [1.54, 1.807) is 0 Å². The fourth-order valence-corrected chi connectivity index (χ4v) is 4.10. The number of benzene rings is 2. The number of aryl methyl sites for hydroxylation is 2. The van der Waals surface area contributed by atoms with Crippen molar-refractivity contribution in [2.24, 2.45) is 0 Å². The third kappa shape index (κ3) is 3.62. The number of hydrogen-bond donors (Lipinski definition) is 1. The number of rotatable bonds is 4. The van der Waals surface area contributed by atoms with E-state index in [4.69, 9.17) is 4.74 Å². The molecule has 1 unspecified atom stereocenters. The Morgan fingerprint density at radius 1 is 1.11 bits per heavy atom. The van der Waals surface area contributed by atoms with Crippen LogP contribution in [0.15, 0.2) is 48.7 Å². The first-order chi connectivity index (χ1) is 13.1. The van der Waals surface area contributed by atoms with Crippen molar-refractivity contribution in [3.05, 3.63) is 70.9 Å². The largest absolute Gasteiger partial charge is 0.378 e. The fraction of sp³-hybridized carbons (Fsp3) is 0.348. The van der Waals surface area contributed by atoms with E-state index in [1.165, 1.54) is 27.6 Å². The lowest BCUT2D eigenvalue weighted by molar-refractivity contribution is -0.135. The van der Waals surface area contributed by atoms with Gasteiger partial charge in [0.25, 0.3) is 0 Å². The van der Waals surface area contributed by atoms with Gasteiger partial charge in [-0.25, -0.2) is 0 Å². The molecule has 1 aliphatic heterocycles. The summed E-state index contributed by atoms with van der Waals surface area (Å²) in [6.45, 7) is 6.89. The van der Waals surface area contributed by atoms with E-state index in [-0.39, 0.29) is 11.8 Å². The number of carbonyl (C=O) groups is 1. The second-order valence-corrected chi connectivity index (χ2v) is 7.40. The number of fused-ring (bicyclic) bond motifs is 1. The van der Waals surface area contributed by atoms with Gasteiger partial charge in [-0.1, -0.05) is 42.0 Å². The third-order valence-corrected chi connectivity index (χ3v) is 5.54. The molecule has 2 heterocycles. The van der Waals surface area contributed by atoms with E-state index in [0.717, 1.165) is 5.52 Å². The lowest BCUT2D eigenvalue weighted by atomic mass is 9.85. The average Bonchev–Trinajstić information content (AvgIpc) is 3.11. The second-order valence-electron chi connectivity index (χ2n) is 7.40. The number of morpholine rings is 1. The van der Waals surface area contributed by atoms with Gasteiger partial charge >= 0.3 is 0 Å². The molecule has 27 heavy (non-hydrogen) atoms. The number of nitrogens with zero attached hydrogens (tertiary/aromatic N) is 1. The third-order valence-electron chi connectivity index (χ3n) is 5.54. The zero-order valence-electron chi connectivity index (χ0n) is 16.0. The zero-order chi connectivity index (χ0) is 18.8. The second kappa shape index (κ2) is 7.57. The molecule has 1 saturated heterocycles. The molecule has 0 spiro atoms. The minimum Gasteiger partial charge on any atom is -0.378 e. The molecule has 1 fully saturated rings. The molecular weight excluding hydrogens is 336 g/mol. The van der Waals surface area contributed by atoms with Crippen molar-refractivity contribution >= 4 is 16.8 Å². The minimum absolute atomic E-state index is 0.0390. The summed E-state index contributed by atoms with van der Waals surface area (Å²) in [5.41, 5.74) is 6.01. The summed E-state index contributed by atoms with van der Waals surface area (Å²) in [5, 5.41) is 1.19. The van der Waals surface area contributed by atoms with Crippen LogP contribution in [0.25, 0.3) is 10.9 Å². The monoisotopic (exact) mass is 362 g/mol. The molecule has 1 N–H and O–H groups in total. The van der Waals surface area contributed by atoms with E-state index in [2.05, 4.69) is 61.4 Å². The zero-order valence-corrected chi connectivity index (χ0v) is 16.0. The Bertz CT molecular complexity index is 954. The predicted molar refractivity (Wildman–Crippen MR) is 108 cm³/mol. The Hall–Kier alpha value is -2.59. The topological polar surface area (TPSA) is 45.3 Å².